The molecule has 0 radical (unpaired) electrons. The highest BCUT2D eigenvalue weighted by molar-refractivity contribution is 6.03. The number of carbonyl (C=O) groups is 1. The van der Waals surface area contributed by atoms with Crippen molar-refractivity contribution in [2.45, 2.75) is 12.8 Å². The molecule has 5 nitrogen and oxygen atoms in total. The summed E-state index contributed by atoms with van der Waals surface area (Å²) in [4.78, 5) is 12.4. The van der Waals surface area contributed by atoms with Crippen molar-refractivity contribution in [3.8, 4) is 11.5 Å². The van der Waals surface area contributed by atoms with Crippen LogP contribution in [0, 0.1) is 5.82 Å². The maximum absolute atomic E-state index is 12.9. The number of methoxy groups -OCH3 is 2. The van der Waals surface area contributed by atoms with Gasteiger partial charge in [-0.3, -0.25) is 4.79 Å². The standard InChI is InChI=1S/C19H19FN2O3/c1-24-17-8-5-14(12-18(17)25-2)16-9-10-22(21-16)19(23)11-13-3-6-15(20)7-4-13/h3-8,12H,9-11H2,1-2H3. The molecule has 3 rings (SSSR count). The molecule has 1 aliphatic rings. The molecule has 0 N–H and O–H groups in total. The molecular formula is C19H19FN2O3. The quantitative estimate of drug-likeness (QED) is 0.839. The minimum Gasteiger partial charge on any atom is -0.493 e. The molecule has 0 saturated carbocycles. The molecule has 130 valence electrons. The Labute approximate surface area is 145 Å². The van der Waals surface area contributed by atoms with E-state index in [0.29, 0.717) is 24.5 Å². The van der Waals surface area contributed by atoms with E-state index >= 15 is 0 Å². The van der Waals surface area contributed by atoms with Gasteiger partial charge in [-0.1, -0.05) is 12.1 Å². The first-order valence-corrected chi connectivity index (χ1v) is 7.95. The lowest BCUT2D eigenvalue weighted by Crippen LogP contribution is -2.25. The van der Waals surface area contributed by atoms with Crippen LogP contribution in [0.15, 0.2) is 47.6 Å². The molecule has 0 spiro atoms. The van der Waals surface area contributed by atoms with Crippen LogP contribution >= 0.6 is 0 Å². The van der Waals surface area contributed by atoms with Crippen molar-refractivity contribution >= 4 is 11.6 Å². The summed E-state index contributed by atoms with van der Waals surface area (Å²) < 4.78 is 23.5. The van der Waals surface area contributed by atoms with Gasteiger partial charge < -0.3 is 9.47 Å². The normalized spacial score (nSPS) is 13.6. The highest BCUT2D eigenvalue weighted by atomic mass is 19.1. The van der Waals surface area contributed by atoms with Crippen molar-refractivity contribution in [2.75, 3.05) is 20.8 Å². The number of carbonyl (C=O) groups excluding carboxylic acids is 1. The summed E-state index contributed by atoms with van der Waals surface area (Å²) in [6.45, 7) is 0.531. The summed E-state index contributed by atoms with van der Waals surface area (Å²) in [5, 5.41) is 5.90. The molecule has 1 amide bonds. The molecule has 0 atom stereocenters. The van der Waals surface area contributed by atoms with Crippen LogP contribution in [0.4, 0.5) is 4.39 Å². The fourth-order valence-electron chi connectivity index (χ4n) is 2.72. The number of amides is 1. The summed E-state index contributed by atoms with van der Waals surface area (Å²) in [5.74, 6) is 0.848. The second-order valence-electron chi connectivity index (χ2n) is 5.69. The molecule has 6 heteroatoms. The molecule has 0 aliphatic carbocycles. The number of hydrazone groups is 1. The topological polar surface area (TPSA) is 51.1 Å². The van der Waals surface area contributed by atoms with Crippen molar-refractivity contribution in [3.63, 3.8) is 0 Å². The highest BCUT2D eigenvalue weighted by Gasteiger charge is 2.22. The van der Waals surface area contributed by atoms with Crippen molar-refractivity contribution in [2.24, 2.45) is 5.10 Å². The Kier molecular flexibility index (Phi) is 4.97. The number of hydrogen-bond acceptors (Lipinski definition) is 4. The van der Waals surface area contributed by atoms with Gasteiger partial charge in [0.2, 0.25) is 5.91 Å². The van der Waals surface area contributed by atoms with Crippen LogP contribution < -0.4 is 9.47 Å². The van der Waals surface area contributed by atoms with E-state index in [1.54, 1.807) is 26.4 Å². The molecule has 0 bridgehead atoms. The molecule has 0 saturated heterocycles. The van der Waals surface area contributed by atoms with Gasteiger partial charge in [0.15, 0.2) is 11.5 Å². The van der Waals surface area contributed by atoms with Gasteiger partial charge in [-0.15, -0.1) is 0 Å². The molecule has 0 unspecified atom stereocenters. The van der Waals surface area contributed by atoms with Gasteiger partial charge in [-0.2, -0.15) is 5.10 Å². The van der Waals surface area contributed by atoms with E-state index in [1.165, 1.54) is 17.1 Å². The Hall–Kier alpha value is -2.89. The third-order valence-corrected chi connectivity index (χ3v) is 4.08. The van der Waals surface area contributed by atoms with E-state index < -0.39 is 0 Å². The van der Waals surface area contributed by atoms with Crippen LogP contribution in [-0.2, 0) is 11.2 Å². The van der Waals surface area contributed by atoms with Crippen LogP contribution in [0.2, 0.25) is 0 Å². The molecule has 1 aliphatic heterocycles. The van der Waals surface area contributed by atoms with Gasteiger partial charge in [0, 0.05) is 12.0 Å². The number of benzene rings is 2. The monoisotopic (exact) mass is 342 g/mol. The van der Waals surface area contributed by atoms with Gasteiger partial charge in [-0.05, 0) is 35.9 Å². The Morgan fingerprint density at radius 3 is 2.52 bits per heavy atom. The Morgan fingerprint density at radius 1 is 1.12 bits per heavy atom. The predicted octanol–water partition coefficient (Wildman–Crippen LogP) is 3.02. The molecule has 2 aromatic carbocycles. The van der Waals surface area contributed by atoms with Crippen molar-refractivity contribution in [3.05, 3.63) is 59.4 Å². The van der Waals surface area contributed by atoms with Gasteiger partial charge >= 0.3 is 0 Å². The van der Waals surface area contributed by atoms with E-state index in [0.717, 1.165) is 16.8 Å². The molecule has 1 heterocycles. The number of ether oxygens (including phenoxy) is 2. The first-order chi connectivity index (χ1) is 12.1. The average molecular weight is 342 g/mol. The maximum Gasteiger partial charge on any atom is 0.247 e. The number of halogens is 1. The first-order valence-electron chi connectivity index (χ1n) is 7.95. The Morgan fingerprint density at radius 2 is 1.84 bits per heavy atom. The van der Waals surface area contributed by atoms with E-state index in [2.05, 4.69) is 5.10 Å². The van der Waals surface area contributed by atoms with E-state index in [-0.39, 0.29) is 18.1 Å². The van der Waals surface area contributed by atoms with Crippen LogP contribution in [0.5, 0.6) is 11.5 Å². The highest BCUT2D eigenvalue weighted by Crippen LogP contribution is 2.29. The third-order valence-electron chi connectivity index (χ3n) is 4.08. The predicted molar refractivity (Wildman–Crippen MR) is 92.5 cm³/mol. The Bertz CT molecular complexity index is 803. The van der Waals surface area contributed by atoms with Gasteiger partial charge in [-0.25, -0.2) is 9.40 Å². The molecular weight excluding hydrogens is 323 g/mol. The van der Waals surface area contributed by atoms with Crippen LogP contribution in [0.25, 0.3) is 0 Å². The second-order valence-corrected chi connectivity index (χ2v) is 5.69. The number of nitrogens with zero attached hydrogens (tertiary/aromatic N) is 2. The minimum absolute atomic E-state index is 0.109. The SMILES string of the molecule is COc1ccc(C2=NN(C(=O)Cc3ccc(F)cc3)CC2)cc1OC. The van der Waals surface area contributed by atoms with Crippen molar-refractivity contribution < 1.29 is 18.7 Å². The molecule has 0 aromatic heterocycles. The first kappa shape index (κ1) is 17.0. The van der Waals surface area contributed by atoms with Crippen LogP contribution in [0.3, 0.4) is 0 Å². The van der Waals surface area contributed by atoms with Gasteiger partial charge in [0.05, 0.1) is 32.9 Å². The van der Waals surface area contributed by atoms with E-state index in [1.807, 2.05) is 18.2 Å². The second kappa shape index (κ2) is 7.34. The van der Waals surface area contributed by atoms with Crippen molar-refractivity contribution in [1.82, 2.24) is 5.01 Å². The molecule has 0 fully saturated rings. The molecule has 25 heavy (non-hydrogen) atoms. The van der Waals surface area contributed by atoms with E-state index in [4.69, 9.17) is 9.47 Å². The number of hydrogen-bond donors (Lipinski definition) is 0. The fraction of sp³-hybridized carbons (Fsp3) is 0.263. The summed E-state index contributed by atoms with van der Waals surface area (Å²) in [7, 11) is 3.16. The number of rotatable bonds is 5. The summed E-state index contributed by atoms with van der Waals surface area (Å²) in [6.07, 6.45) is 0.869. The van der Waals surface area contributed by atoms with Crippen LogP contribution in [-0.4, -0.2) is 37.4 Å². The summed E-state index contributed by atoms with van der Waals surface area (Å²) in [5.41, 5.74) is 2.49. The largest absolute Gasteiger partial charge is 0.493 e. The smallest absolute Gasteiger partial charge is 0.247 e. The van der Waals surface area contributed by atoms with Crippen LogP contribution in [0.1, 0.15) is 17.5 Å². The van der Waals surface area contributed by atoms with Gasteiger partial charge in [0.25, 0.3) is 0 Å². The summed E-state index contributed by atoms with van der Waals surface area (Å²) >= 11 is 0. The zero-order chi connectivity index (χ0) is 17.8. The molecule has 2 aromatic rings. The average Bonchev–Trinajstić information content (AvgIpc) is 3.13. The zero-order valence-electron chi connectivity index (χ0n) is 14.2. The van der Waals surface area contributed by atoms with Crippen molar-refractivity contribution in [1.29, 1.82) is 0 Å². The summed E-state index contributed by atoms with van der Waals surface area (Å²) in [6, 6.07) is 11.5. The maximum atomic E-state index is 12.9. The fourth-order valence-corrected chi connectivity index (χ4v) is 2.72. The zero-order valence-corrected chi connectivity index (χ0v) is 14.2. The lowest BCUT2D eigenvalue weighted by molar-refractivity contribution is -0.130. The third kappa shape index (κ3) is 3.79. The Balaban J connectivity index is 1.73. The lowest BCUT2D eigenvalue weighted by Gasteiger charge is -2.11. The lowest BCUT2D eigenvalue weighted by atomic mass is 10.1. The van der Waals surface area contributed by atoms with E-state index in [9.17, 15) is 9.18 Å². The van der Waals surface area contributed by atoms with Gasteiger partial charge in [0.1, 0.15) is 5.82 Å². The minimum atomic E-state index is -0.314.